The number of aliphatic carboxylic acids is 1. The number of rotatable bonds is 5. The van der Waals surface area contributed by atoms with E-state index in [1.54, 1.807) is 13.8 Å². The maximum atomic E-state index is 11.9. The zero-order valence-electron chi connectivity index (χ0n) is 10.4. The van der Waals surface area contributed by atoms with Crippen LogP contribution in [0.15, 0.2) is 4.52 Å². The lowest BCUT2D eigenvalue weighted by Crippen LogP contribution is -2.47. The van der Waals surface area contributed by atoms with Gasteiger partial charge in [0.1, 0.15) is 11.3 Å². The third-order valence-electron chi connectivity index (χ3n) is 2.53. The van der Waals surface area contributed by atoms with E-state index >= 15 is 0 Å². The predicted molar refractivity (Wildman–Crippen MR) is 61.2 cm³/mol. The fraction of sp³-hybridized carbons (Fsp3) is 0.545. The van der Waals surface area contributed by atoms with Crippen LogP contribution < -0.4 is 5.32 Å². The molecule has 7 nitrogen and oxygen atoms in total. The van der Waals surface area contributed by atoms with E-state index in [1.165, 1.54) is 6.92 Å². The lowest BCUT2D eigenvalue weighted by Gasteiger charge is -2.16. The number of carboxylic acids is 1. The van der Waals surface area contributed by atoms with Crippen molar-refractivity contribution in [1.82, 2.24) is 10.5 Å². The summed E-state index contributed by atoms with van der Waals surface area (Å²) in [7, 11) is 0. The number of carbonyl (C=O) groups is 2. The first-order valence-corrected chi connectivity index (χ1v) is 5.55. The molecule has 0 fully saturated rings. The fourth-order valence-corrected chi connectivity index (χ4v) is 1.55. The molecule has 18 heavy (non-hydrogen) atoms. The molecule has 0 aliphatic carbocycles. The molecule has 100 valence electrons. The van der Waals surface area contributed by atoms with Crippen molar-refractivity contribution in [2.24, 2.45) is 0 Å². The Bertz CT molecular complexity index is 452. The number of carboxylic acid groups (broad SMARTS) is 1. The molecule has 2 atom stereocenters. The molecule has 1 aromatic heterocycles. The summed E-state index contributed by atoms with van der Waals surface area (Å²) >= 11 is 0. The van der Waals surface area contributed by atoms with Crippen LogP contribution >= 0.6 is 0 Å². The van der Waals surface area contributed by atoms with Gasteiger partial charge in [-0.1, -0.05) is 12.1 Å². The standard InChI is InChI=1S/C11H16N2O5/c1-4-7-8(6(3)18-13-7)10(15)12-9(5(2)14)11(16)17/h5,9,14H,4H2,1-3H3,(H,12,15)(H,16,17). The number of aliphatic hydroxyl groups is 1. The molecule has 0 saturated heterocycles. The van der Waals surface area contributed by atoms with Gasteiger partial charge in [0.25, 0.3) is 5.91 Å². The highest BCUT2D eigenvalue weighted by Crippen LogP contribution is 2.14. The molecule has 7 heteroatoms. The fourth-order valence-electron chi connectivity index (χ4n) is 1.55. The van der Waals surface area contributed by atoms with Crippen molar-refractivity contribution in [2.75, 3.05) is 0 Å². The number of hydrogen-bond donors (Lipinski definition) is 3. The maximum absolute atomic E-state index is 11.9. The molecule has 3 N–H and O–H groups in total. The summed E-state index contributed by atoms with van der Waals surface area (Å²) in [6, 6.07) is -1.36. The van der Waals surface area contributed by atoms with Gasteiger partial charge in [-0.3, -0.25) is 4.79 Å². The zero-order valence-corrected chi connectivity index (χ0v) is 10.4. The second kappa shape index (κ2) is 5.63. The molecule has 0 bridgehead atoms. The van der Waals surface area contributed by atoms with E-state index in [-0.39, 0.29) is 5.56 Å². The molecule has 0 aromatic carbocycles. The van der Waals surface area contributed by atoms with Crippen LogP contribution in [0.2, 0.25) is 0 Å². The van der Waals surface area contributed by atoms with Gasteiger partial charge in [-0.05, 0) is 20.3 Å². The Kier molecular flexibility index (Phi) is 4.43. The van der Waals surface area contributed by atoms with Crippen LogP contribution in [0.3, 0.4) is 0 Å². The second-order valence-electron chi connectivity index (χ2n) is 3.94. The predicted octanol–water partition coefficient (Wildman–Crippen LogP) is 0.109. The number of aliphatic hydroxyl groups excluding tert-OH is 1. The molecule has 0 saturated carbocycles. The Morgan fingerprint density at radius 1 is 1.50 bits per heavy atom. The number of aromatic nitrogens is 1. The van der Waals surface area contributed by atoms with Crippen molar-refractivity contribution in [3.05, 3.63) is 17.0 Å². The average Bonchev–Trinajstić information content (AvgIpc) is 2.66. The van der Waals surface area contributed by atoms with Crippen LogP contribution in [0.25, 0.3) is 0 Å². The summed E-state index contributed by atoms with van der Waals surface area (Å²) in [6.45, 7) is 4.66. The van der Waals surface area contributed by atoms with Gasteiger partial charge in [-0.25, -0.2) is 4.79 Å². The van der Waals surface area contributed by atoms with Crippen molar-refractivity contribution in [3.63, 3.8) is 0 Å². The van der Waals surface area contributed by atoms with Gasteiger partial charge in [0, 0.05) is 0 Å². The Labute approximate surface area is 104 Å². The van der Waals surface area contributed by atoms with E-state index in [0.29, 0.717) is 17.9 Å². The molecule has 0 radical (unpaired) electrons. The van der Waals surface area contributed by atoms with Crippen molar-refractivity contribution in [1.29, 1.82) is 0 Å². The van der Waals surface area contributed by atoms with Crippen LogP contribution in [-0.4, -0.2) is 39.4 Å². The molecule has 0 aliphatic heterocycles. The molecule has 0 spiro atoms. The summed E-state index contributed by atoms with van der Waals surface area (Å²) in [5.74, 6) is -1.59. The summed E-state index contributed by atoms with van der Waals surface area (Å²) in [5.41, 5.74) is 0.684. The summed E-state index contributed by atoms with van der Waals surface area (Å²) < 4.78 is 4.89. The molecule has 2 unspecified atom stereocenters. The van der Waals surface area contributed by atoms with Gasteiger partial charge in [0.2, 0.25) is 0 Å². The molecule has 1 heterocycles. The molecule has 1 rings (SSSR count). The van der Waals surface area contributed by atoms with E-state index < -0.39 is 24.0 Å². The lowest BCUT2D eigenvalue weighted by atomic mass is 10.1. The Hall–Kier alpha value is -1.89. The van der Waals surface area contributed by atoms with Crippen molar-refractivity contribution >= 4 is 11.9 Å². The summed E-state index contributed by atoms with van der Waals surface area (Å²) in [5, 5.41) is 24.1. The first-order chi connectivity index (χ1) is 8.38. The van der Waals surface area contributed by atoms with Crippen LogP contribution in [-0.2, 0) is 11.2 Å². The van der Waals surface area contributed by atoms with E-state index in [1.807, 2.05) is 0 Å². The maximum Gasteiger partial charge on any atom is 0.328 e. The second-order valence-corrected chi connectivity index (χ2v) is 3.94. The first kappa shape index (κ1) is 14.2. The number of hydrogen-bond acceptors (Lipinski definition) is 5. The van der Waals surface area contributed by atoms with Gasteiger partial charge in [0.05, 0.1) is 11.8 Å². The highest BCUT2D eigenvalue weighted by atomic mass is 16.5. The quantitative estimate of drug-likeness (QED) is 0.689. The van der Waals surface area contributed by atoms with Crippen molar-refractivity contribution < 1.29 is 24.3 Å². The van der Waals surface area contributed by atoms with Crippen molar-refractivity contribution in [2.45, 2.75) is 39.3 Å². The van der Waals surface area contributed by atoms with Gasteiger partial charge in [-0.15, -0.1) is 0 Å². The molecule has 1 amide bonds. The SMILES string of the molecule is CCc1noc(C)c1C(=O)NC(C(=O)O)C(C)O. The Balaban J connectivity index is 2.94. The highest BCUT2D eigenvalue weighted by Gasteiger charge is 2.28. The van der Waals surface area contributed by atoms with Gasteiger partial charge < -0.3 is 20.1 Å². The minimum Gasteiger partial charge on any atom is -0.480 e. The van der Waals surface area contributed by atoms with Gasteiger partial charge >= 0.3 is 5.97 Å². The summed E-state index contributed by atoms with van der Waals surface area (Å²) in [4.78, 5) is 22.8. The van der Waals surface area contributed by atoms with Gasteiger partial charge in [-0.2, -0.15) is 0 Å². The van der Waals surface area contributed by atoms with Gasteiger partial charge in [0.15, 0.2) is 6.04 Å². The monoisotopic (exact) mass is 256 g/mol. The van der Waals surface area contributed by atoms with E-state index in [9.17, 15) is 14.7 Å². The third kappa shape index (κ3) is 2.86. The zero-order chi connectivity index (χ0) is 13.9. The van der Waals surface area contributed by atoms with Crippen LogP contribution in [0.1, 0.15) is 35.7 Å². The molecule has 1 aromatic rings. The smallest absolute Gasteiger partial charge is 0.328 e. The van der Waals surface area contributed by atoms with Crippen molar-refractivity contribution in [3.8, 4) is 0 Å². The Morgan fingerprint density at radius 2 is 2.11 bits per heavy atom. The number of nitrogens with one attached hydrogen (secondary N) is 1. The third-order valence-corrected chi connectivity index (χ3v) is 2.53. The topological polar surface area (TPSA) is 113 Å². The largest absolute Gasteiger partial charge is 0.480 e. The minimum atomic E-state index is -1.36. The highest BCUT2D eigenvalue weighted by molar-refractivity contribution is 5.98. The molecule has 0 aliphatic rings. The minimum absolute atomic E-state index is 0.226. The molecular weight excluding hydrogens is 240 g/mol. The van der Waals surface area contributed by atoms with Crippen LogP contribution in [0, 0.1) is 6.92 Å². The number of amides is 1. The average molecular weight is 256 g/mol. The van der Waals surface area contributed by atoms with E-state index in [2.05, 4.69) is 10.5 Å². The van der Waals surface area contributed by atoms with E-state index in [4.69, 9.17) is 9.63 Å². The molecular formula is C11H16N2O5. The van der Waals surface area contributed by atoms with E-state index in [0.717, 1.165) is 0 Å². The summed E-state index contributed by atoms with van der Waals surface area (Å²) in [6.07, 6.45) is -0.705. The number of aryl methyl sites for hydroxylation is 2. The first-order valence-electron chi connectivity index (χ1n) is 5.55. The lowest BCUT2D eigenvalue weighted by molar-refractivity contribution is -0.141. The van der Waals surface area contributed by atoms with Crippen LogP contribution in [0.5, 0.6) is 0 Å². The Morgan fingerprint density at radius 3 is 2.56 bits per heavy atom. The normalized spacial score (nSPS) is 14.0. The number of carbonyl (C=O) groups excluding carboxylic acids is 1. The number of nitrogens with zero attached hydrogens (tertiary/aromatic N) is 1. The van der Waals surface area contributed by atoms with Crippen LogP contribution in [0.4, 0.5) is 0 Å².